The van der Waals surface area contributed by atoms with Gasteiger partial charge < -0.3 is 19.2 Å². The zero-order valence-electron chi connectivity index (χ0n) is 22.0. The second-order valence-corrected chi connectivity index (χ2v) is 12.4. The number of nitrogens with one attached hydrogen (secondary N) is 1. The van der Waals surface area contributed by atoms with E-state index >= 15 is 0 Å². The molecule has 38 heavy (non-hydrogen) atoms. The molecule has 2 aromatic rings. The fourth-order valence-electron chi connectivity index (χ4n) is 5.65. The molecule has 5 rings (SSSR count). The lowest BCUT2D eigenvalue weighted by molar-refractivity contribution is -0.124. The lowest BCUT2D eigenvalue weighted by Crippen LogP contribution is -2.41. The second kappa shape index (κ2) is 11.5. The molecule has 9 heteroatoms. The summed E-state index contributed by atoms with van der Waals surface area (Å²) >= 11 is 6.96. The molecule has 7 nitrogen and oxygen atoms in total. The molecular formula is C29H34N2O5S2. The Labute approximate surface area is 233 Å². The minimum atomic E-state index is -0.180. The standard InChI is InChI=1S/C29H34N2O5S2/c1-17(2)10-11-30-27(32)16-35-25-14-20(6-8-24(25)34-3)23-9-7-21(36-23)15-26-28(33)31(29(37)38-26)22-13-18-4-5-19(22)12-18/h6-9,14-15,17-19,22H,4-5,10-13,16H2,1-3H3,(H,30,32)/b26-15-. The molecule has 1 aromatic carbocycles. The summed E-state index contributed by atoms with van der Waals surface area (Å²) in [5.41, 5.74) is 0.773. The zero-order valence-corrected chi connectivity index (χ0v) is 23.7. The quantitative estimate of drug-likeness (QED) is 0.290. The predicted octanol–water partition coefficient (Wildman–Crippen LogP) is 5.89. The predicted molar refractivity (Wildman–Crippen MR) is 153 cm³/mol. The van der Waals surface area contributed by atoms with Crippen LogP contribution in [-0.4, -0.2) is 47.3 Å². The van der Waals surface area contributed by atoms with Gasteiger partial charge in [-0.1, -0.05) is 44.2 Å². The Hall–Kier alpha value is -2.78. The van der Waals surface area contributed by atoms with Gasteiger partial charge in [-0.05, 0) is 73.8 Å². The summed E-state index contributed by atoms with van der Waals surface area (Å²) in [6, 6.07) is 9.38. The summed E-state index contributed by atoms with van der Waals surface area (Å²) in [5, 5.41) is 2.87. The van der Waals surface area contributed by atoms with E-state index in [0.717, 1.165) is 24.3 Å². The van der Waals surface area contributed by atoms with E-state index in [9.17, 15) is 9.59 Å². The van der Waals surface area contributed by atoms with E-state index in [0.29, 0.717) is 50.6 Å². The van der Waals surface area contributed by atoms with Crippen LogP contribution in [0.15, 0.2) is 39.7 Å². The van der Waals surface area contributed by atoms with Crippen molar-refractivity contribution in [2.24, 2.45) is 17.8 Å². The Kier molecular flexibility index (Phi) is 8.14. The van der Waals surface area contributed by atoms with Crippen LogP contribution in [0.1, 0.15) is 51.7 Å². The Morgan fingerprint density at radius 2 is 2.08 bits per heavy atom. The molecule has 1 aliphatic heterocycles. The molecule has 0 radical (unpaired) electrons. The number of amides is 2. The number of benzene rings is 1. The second-order valence-electron chi connectivity index (χ2n) is 10.7. The number of furan rings is 1. The smallest absolute Gasteiger partial charge is 0.266 e. The maximum absolute atomic E-state index is 13.2. The first-order chi connectivity index (χ1) is 18.3. The maximum Gasteiger partial charge on any atom is 0.266 e. The number of rotatable bonds is 10. The molecule has 3 atom stereocenters. The van der Waals surface area contributed by atoms with Gasteiger partial charge in [0.15, 0.2) is 18.1 Å². The van der Waals surface area contributed by atoms with Crippen LogP contribution in [-0.2, 0) is 9.59 Å². The van der Waals surface area contributed by atoms with Crippen LogP contribution in [0, 0.1) is 17.8 Å². The van der Waals surface area contributed by atoms with Crippen molar-refractivity contribution in [2.75, 3.05) is 20.3 Å². The molecule has 1 aromatic heterocycles. The number of fused-ring (bicyclic) bond motifs is 2. The van der Waals surface area contributed by atoms with E-state index in [2.05, 4.69) is 19.2 Å². The number of thiocarbonyl (C=S) groups is 1. The number of ether oxygens (including phenoxy) is 2. The van der Waals surface area contributed by atoms with Gasteiger partial charge >= 0.3 is 0 Å². The van der Waals surface area contributed by atoms with Crippen LogP contribution >= 0.6 is 24.0 Å². The van der Waals surface area contributed by atoms with Crippen molar-refractivity contribution in [1.29, 1.82) is 0 Å². The lowest BCUT2D eigenvalue weighted by atomic mass is 9.94. The largest absolute Gasteiger partial charge is 0.493 e. The molecule has 3 aliphatic rings. The van der Waals surface area contributed by atoms with Crippen molar-refractivity contribution >= 4 is 46.2 Å². The van der Waals surface area contributed by atoms with Gasteiger partial charge in [0.2, 0.25) is 0 Å². The van der Waals surface area contributed by atoms with Crippen molar-refractivity contribution < 1.29 is 23.5 Å². The van der Waals surface area contributed by atoms with Crippen molar-refractivity contribution in [3.63, 3.8) is 0 Å². The topological polar surface area (TPSA) is 81.0 Å². The van der Waals surface area contributed by atoms with Gasteiger partial charge in [-0.2, -0.15) is 0 Å². The van der Waals surface area contributed by atoms with Crippen LogP contribution in [0.4, 0.5) is 0 Å². The molecule has 2 saturated carbocycles. The minimum absolute atomic E-state index is 0.0118. The molecule has 2 heterocycles. The monoisotopic (exact) mass is 554 g/mol. The average Bonchev–Trinajstić information content (AvgIpc) is 3.68. The Morgan fingerprint density at radius 3 is 2.79 bits per heavy atom. The van der Waals surface area contributed by atoms with Gasteiger partial charge in [0.25, 0.3) is 11.8 Å². The Balaban J connectivity index is 1.26. The van der Waals surface area contributed by atoms with E-state index in [-0.39, 0.29) is 24.5 Å². The van der Waals surface area contributed by atoms with Crippen LogP contribution < -0.4 is 14.8 Å². The first-order valence-electron chi connectivity index (χ1n) is 13.3. The van der Waals surface area contributed by atoms with Crippen molar-refractivity contribution in [1.82, 2.24) is 10.2 Å². The van der Waals surface area contributed by atoms with Gasteiger partial charge in [0, 0.05) is 24.2 Å². The fourth-order valence-corrected chi connectivity index (χ4v) is 7.00. The molecule has 2 amide bonds. The number of hydrogen-bond donors (Lipinski definition) is 1. The molecular weight excluding hydrogens is 520 g/mol. The first-order valence-corrected chi connectivity index (χ1v) is 14.5. The van der Waals surface area contributed by atoms with Crippen molar-refractivity contribution in [2.45, 2.75) is 52.0 Å². The third-order valence-corrected chi connectivity index (χ3v) is 8.94. The first kappa shape index (κ1) is 26.8. The number of carbonyl (C=O) groups is 2. The van der Waals surface area contributed by atoms with Gasteiger partial charge in [-0.15, -0.1) is 0 Å². The average molecular weight is 555 g/mol. The van der Waals surface area contributed by atoms with Crippen molar-refractivity contribution in [3.8, 4) is 22.8 Å². The van der Waals surface area contributed by atoms with Gasteiger partial charge in [-0.25, -0.2) is 0 Å². The normalized spacial score (nSPS) is 23.6. The summed E-state index contributed by atoms with van der Waals surface area (Å²) in [6.45, 7) is 4.74. The summed E-state index contributed by atoms with van der Waals surface area (Å²) in [5.74, 6) is 3.82. The molecule has 1 saturated heterocycles. The van der Waals surface area contributed by atoms with E-state index in [1.54, 1.807) is 25.3 Å². The van der Waals surface area contributed by atoms with E-state index in [4.69, 9.17) is 26.1 Å². The molecule has 3 unspecified atom stereocenters. The van der Waals surface area contributed by atoms with E-state index in [1.165, 1.54) is 31.0 Å². The number of nitrogens with zero attached hydrogens (tertiary/aromatic N) is 1. The number of carbonyl (C=O) groups excluding carboxylic acids is 2. The summed E-state index contributed by atoms with van der Waals surface area (Å²) in [4.78, 5) is 27.9. The van der Waals surface area contributed by atoms with Crippen LogP contribution in [0.25, 0.3) is 17.4 Å². The highest BCUT2D eigenvalue weighted by molar-refractivity contribution is 8.26. The number of thioether (sulfide) groups is 1. The molecule has 202 valence electrons. The van der Waals surface area contributed by atoms with Gasteiger partial charge in [-0.3, -0.25) is 14.5 Å². The van der Waals surface area contributed by atoms with Crippen LogP contribution in [0.5, 0.6) is 11.5 Å². The highest BCUT2D eigenvalue weighted by Crippen LogP contribution is 2.49. The third-order valence-electron chi connectivity index (χ3n) is 7.61. The third kappa shape index (κ3) is 5.78. The molecule has 0 spiro atoms. The molecule has 2 aliphatic carbocycles. The van der Waals surface area contributed by atoms with E-state index in [1.807, 2.05) is 23.1 Å². The summed E-state index contributed by atoms with van der Waals surface area (Å²) in [6.07, 6.45) is 7.46. The van der Waals surface area contributed by atoms with Gasteiger partial charge in [0.05, 0.1) is 12.0 Å². The lowest BCUT2D eigenvalue weighted by Gasteiger charge is -2.30. The van der Waals surface area contributed by atoms with Crippen LogP contribution in [0.3, 0.4) is 0 Å². The van der Waals surface area contributed by atoms with Crippen LogP contribution in [0.2, 0.25) is 0 Å². The molecule has 1 N–H and O–H groups in total. The zero-order chi connectivity index (χ0) is 26.8. The summed E-state index contributed by atoms with van der Waals surface area (Å²) in [7, 11) is 1.56. The highest BCUT2D eigenvalue weighted by Gasteiger charge is 2.48. The number of hydrogen-bond acceptors (Lipinski definition) is 7. The van der Waals surface area contributed by atoms with Crippen molar-refractivity contribution in [3.05, 3.63) is 41.0 Å². The molecule has 3 fully saturated rings. The minimum Gasteiger partial charge on any atom is -0.493 e. The SMILES string of the molecule is COc1ccc(-c2ccc(/C=C3\SC(=S)N(C4CC5CCC4C5)C3=O)o2)cc1OCC(=O)NCCC(C)C. The number of methoxy groups -OCH3 is 1. The fraction of sp³-hybridized carbons (Fsp3) is 0.483. The molecule has 2 bridgehead atoms. The maximum atomic E-state index is 13.2. The summed E-state index contributed by atoms with van der Waals surface area (Å²) < 4.78 is 17.9. The Morgan fingerprint density at radius 1 is 1.24 bits per heavy atom. The highest BCUT2D eigenvalue weighted by atomic mass is 32.2. The Bertz CT molecular complexity index is 1250. The van der Waals surface area contributed by atoms with E-state index < -0.39 is 0 Å². The van der Waals surface area contributed by atoms with Gasteiger partial charge in [0.1, 0.15) is 15.8 Å².